The fourth-order valence-electron chi connectivity index (χ4n) is 1.52. The molecule has 0 spiro atoms. The van der Waals surface area contributed by atoms with E-state index in [4.69, 9.17) is 10.5 Å². The Bertz CT molecular complexity index is 191. The number of ether oxygens (including phenoxy) is 1. The maximum absolute atomic E-state index is 11.7. The molecule has 1 amide bonds. The second-order valence-corrected chi connectivity index (χ2v) is 4.31. The minimum atomic E-state index is -0.0457. The minimum absolute atomic E-state index is 0.0457. The van der Waals surface area contributed by atoms with Gasteiger partial charge in [-0.3, -0.25) is 4.79 Å². The molecular weight excluding hydrogens is 180 g/mol. The highest BCUT2D eigenvalue weighted by molar-refractivity contribution is 5.79. The van der Waals surface area contributed by atoms with Gasteiger partial charge in [0.15, 0.2) is 0 Å². The van der Waals surface area contributed by atoms with Crippen molar-refractivity contribution in [3.63, 3.8) is 0 Å². The summed E-state index contributed by atoms with van der Waals surface area (Å²) < 4.78 is 4.98. The first-order valence-corrected chi connectivity index (χ1v) is 5.21. The molecule has 4 heteroatoms. The van der Waals surface area contributed by atoms with Crippen LogP contribution in [0.3, 0.4) is 0 Å². The average molecular weight is 200 g/mol. The van der Waals surface area contributed by atoms with Crippen LogP contribution in [-0.4, -0.2) is 31.7 Å². The molecule has 3 N–H and O–H groups in total. The highest BCUT2D eigenvalue weighted by atomic mass is 16.5. The number of nitrogens with two attached hydrogens (primary N) is 1. The Morgan fingerprint density at radius 1 is 1.57 bits per heavy atom. The summed E-state index contributed by atoms with van der Waals surface area (Å²) in [5.74, 6) is 0.539. The van der Waals surface area contributed by atoms with Gasteiger partial charge in [-0.25, -0.2) is 0 Å². The van der Waals surface area contributed by atoms with E-state index >= 15 is 0 Å². The molecule has 0 saturated carbocycles. The van der Waals surface area contributed by atoms with Crippen molar-refractivity contribution < 1.29 is 9.53 Å². The van der Waals surface area contributed by atoms with Crippen molar-refractivity contribution in [3.8, 4) is 0 Å². The van der Waals surface area contributed by atoms with E-state index in [9.17, 15) is 4.79 Å². The molecule has 1 heterocycles. The van der Waals surface area contributed by atoms with Crippen molar-refractivity contribution in [1.29, 1.82) is 0 Å². The van der Waals surface area contributed by atoms with Crippen LogP contribution in [0.4, 0.5) is 0 Å². The van der Waals surface area contributed by atoms with E-state index in [0.717, 1.165) is 6.42 Å². The predicted molar refractivity (Wildman–Crippen MR) is 54.7 cm³/mol. The van der Waals surface area contributed by atoms with Crippen LogP contribution in [-0.2, 0) is 9.53 Å². The molecule has 0 aliphatic carbocycles. The van der Waals surface area contributed by atoms with Crippen molar-refractivity contribution in [2.45, 2.75) is 26.3 Å². The van der Waals surface area contributed by atoms with Crippen LogP contribution in [0.1, 0.15) is 20.3 Å². The topological polar surface area (TPSA) is 64.4 Å². The Balaban J connectivity index is 2.30. The van der Waals surface area contributed by atoms with Crippen molar-refractivity contribution in [2.75, 3.05) is 19.8 Å². The summed E-state index contributed by atoms with van der Waals surface area (Å²) in [5.41, 5.74) is 5.57. The van der Waals surface area contributed by atoms with Gasteiger partial charge in [-0.05, 0) is 12.3 Å². The molecule has 1 aliphatic heterocycles. The Morgan fingerprint density at radius 3 is 2.57 bits per heavy atom. The van der Waals surface area contributed by atoms with Gasteiger partial charge < -0.3 is 15.8 Å². The van der Waals surface area contributed by atoms with Gasteiger partial charge in [0.25, 0.3) is 0 Å². The fourth-order valence-corrected chi connectivity index (χ4v) is 1.52. The fraction of sp³-hybridized carbons (Fsp3) is 0.900. The summed E-state index contributed by atoms with van der Waals surface area (Å²) in [4.78, 5) is 11.7. The molecule has 0 aromatic rings. The molecule has 0 aromatic carbocycles. The lowest BCUT2D eigenvalue weighted by Crippen LogP contribution is -2.51. The lowest BCUT2D eigenvalue weighted by Gasteiger charge is -2.28. The summed E-state index contributed by atoms with van der Waals surface area (Å²) in [6.07, 6.45) is 0.857. The largest absolute Gasteiger partial charge is 0.377 e. The smallest absolute Gasteiger partial charge is 0.224 e. The molecular formula is C10H20N2O2. The molecule has 1 atom stereocenters. The number of nitrogens with one attached hydrogen (secondary N) is 1. The van der Waals surface area contributed by atoms with Gasteiger partial charge in [0, 0.05) is 6.54 Å². The van der Waals surface area contributed by atoms with Crippen molar-refractivity contribution in [1.82, 2.24) is 5.32 Å². The maximum atomic E-state index is 11.7. The standard InChI is InChI=1S/C10H20N2O2/c1-7(2)3-8(4-11)10(13)12-9-5-14-6-9/h7-9H,3-6,11H2,1-2H3,(H,12,13). The normalized spacial score (nSPS) is 19.1. The molecule has 0 radical (unpaired) electrons. The third-order valence-electron chi connectivity index (χ3n) is 2.40. The molecule has 1 fully saturated rings. The van der Waals surface area contributed by atoms with Crippen LogP contribution < -0.4 is 11.1 Å². The van der Waals surface area contributed by atoms with Gasteiger partial charge in [0.2, 0.25) is 5.91 Å². The first-order chi connectivity index (χ1) is 6.63. The lowest BCUT2D eigenvalue weighted by molar-refractivity contribution is -0.129. The SMILES string of the molecule is CC(C)CC(CN)C(=O)NC1COC1. The number of amides is 1. The van der Waals surface area contributed by atoms with Gasteiger partial charge in [-0.1, -0.05) is 13.8 Å². The van der Waals surface area contributed by atoms with Gasteiger partial charge in [0.05, 0.1) is 25.2 Å². The van der Waals surface area contributed by atoms with Crippen LogP contribution in [0, 0.1) is 11.8 Å². The molecule has 1 unspecified atom stereocenters. The highest BCUT2D eigenvalue weighted by Gasteiger charge is 2.24. The lowest BCUT2D eigenvalue weighted by atomic mass is 9.96. The number of carbonyl (C=O) groups excluding carboxylic acids is 1. The number of carbonyl (C=O) groups is 1. The molecule has 82 valence electrons. The van der Waals surface area contributed by atoms with Crippen LogP contribution in [0.5, 0.6) is 0 Å². The number of hydrogen-bond acceptors (Lipinski definition) is 3. The zero-order chi connectivity index (χ0) is 10.6. The van der Waals surface area contributed by atoms with Gasteiger partial charge >= 0.3 is 0 Å². The van der Waals surface area contributed by atoms with Crippen LogP contribution in [0.2, 0.25) is 0 Å². The van der Waals surface area contributed by atoms with E-state index in [2.05, 4.69) is 19.2 Å². The van der Waals surface area contributed by atoms with Crippen molar-refractivity contribution in [3.05, 3.63) is 0 Å². The Kier molecular flexibility index (Phi) is 4.35. The van der Waals surface area contributed by atoms with Gasteiger partial charge in [-0.2, -0.15) is 0 Å². The molecule has 14 heavy (non-hydrogen) atoms. The van der Waals surface area contributed by atoms with Crippen LogP contribution in [0.15, 0.2) is 0 Å². The zero-order valence-electron chi connectivity index (χ0n) is 8.95. The van der Waals surface area contributed by atoms with E-state index in [1.54, 1.807) is 0 Å². The quantitative estimate of drug-likeness (QED) is 0.662. The Hall–Kier alpha value is -0.610. The summed E-state index contributed by atoms with van der Waals surface area (Å²) in [5, 5.41) is 2.93. The average Bonchev–Trinajstić information content (AvgIpc) is 2.06. The molecule has 1 rings (SSSR count). The maximum Gasteiger partial charge on any atom is 0.224 e. The van der Waals surface area contributed by atoms with Crippen molar-refractivity contribution in [2.24, 2.45) is 17.6 Å². The van der Waals surface area contributed by atoms with E-state index in [0.29, 0.717) is 25.7 Å². The second-order valence-electron chi connectivity index (χ2n) is 4.31. The molecule has 1 saturated heterocycles. The molecule has 0 aromatic heterocycles. The molecule has 0 bridgehead atoms. The first kappa shape index (κ1) is 11.5. The Morgan fingerprint density at radius 2 is 2.21 bits per heavy atom. The van der Waals surface area contributed by atoms with Gasteiger partial charge in [0.1, 0.15) is 0 Å². The number of hydrogen-bond donors (Lipinski definition) is 2. The zero-order valence-corrected chi connectivity index (χ0v) is 8.95. The summed E-state index contributed by atoms with van der Waals surface area (Å²) in [6.45, 7) is 5.91. The third-order valence-corrected chi connectivity index (χ3v) is 2.40. The Labute approximate surface area is 85.2 Å². The number of rotatable bonds is 5. The second kappa shape index (κ2) is 5.32. The van der Waals surface area contributed by atoms with Gasteiger partial charge in [-0.15, -0.1) is 0 Å². The van der Waals surface area contributed by atoms with Crippen LogP contribution >= 0.6 is 0 Å². The van der Waals surface area contributed by atoms with E-state index in [1.807, 2.05) is 0 Å². The van der Waals surface area contributed by atoms with Crippen LogP contribution in [0.25, 0.3) is 0 Å². The van der Waals surface area contributed by atoms with E-state index in [-0.39, 0.29) is 17.9 Å². The molecule has 1 aliphatic rings. The predicted octanol–water partition coefficient (Wildman–Crippen LogP) is 0.122. The molecule has 4 nitrogen and oxygen atoms in total. The van der Waals surface area contributed by atoms with E-state index < -0.39 is 0 Å². The summed E-state index contributed by atoms with van der Waals surface area (Å²) >= 11 is 0. The summed E-state index contributed by atoms with van der Waals surface area (Å²) in [7, 11) is 0. The summed E-state index contributed by atoms with van der Waals surface area (Å²) in [6, 6.07) is 0.212. The third kappa shape index (κ3) is 3.27. The minimum Gasteiger partial charge on any atom is -0.377 e. The van der Waals surface area contributed by atoms with Crippen molar-refractivity contribution >= 4 is 5.91 Å². The highest BCUT2D eigenvalue weighted by Crippen LogP contribution is 2.11. The monoisotopic (exact) mass is 200 g/mol. The first-order valence-electron chi connectivity index (χ1n) is 5.21. The van der Waals surface area contributed by atoms with E-state index in [1.165, 1.54) is 0 Å².